The van der Waals surface area contributed by atoms with Crippen molar-refractivity contribution in [3.63, 3.8) is 0 Å². The SMILES string of the molecule is Nc1ccn([C@H]2C[C@H](O[P+](O)([S-])OC[C@H]3O[C@@H](n4cnc5c(N)ncnc54)[C@H](O)[C@@H]3O)[C@@H](CO)O2)c(=O)n1. The van der Waals surface area contributed by atoms with Crippen LogP contribution in [0.15, 0.2) is 29.7 Å². The zero-order valence-electron chi connectivity index (χ0n) is 19.5. The average Bonchev–Trinajstić information content (AvgIpc) is 3.55. The Bertz CT molecular complexity index is 1360. The van der Waals surface area contributed by atoms with E-state index in [-0.39, 0.29) is 23.7 Å². The van der Waals surface area contributed by atoms with E-state index in [2.05, 4.69) is 19.9 Å². The van der Waals surface area contributed by atoms with Crippen molar-refractivity contribution in [1.82, 2.24) is 29.1 Å². The third-order valence-electron chi connectivity index (χ3n) is 6.19. The van der Waals surface area contributed by atoms with Gasteiger partial charge in [-0.25, -0.2) is 24.6 Å². The minimum Gasteiger partial charge on any atom is -0.459 e. The molecule has 0 aromatic carbocycles. The van der Waals surface area contributed by atoms with Crippen molar-refractivity contribution in [1.29, 1.82) is 0 Å². The Morgan fingerprint density at radius 1 is 1.16 bits per heavy atom. The van der Waals surface area contributed by atoms with E-state index in [0.29, 0.717) is 5.52 Å². The summed E-state index contributed by atoms with van der Waals surface area (Å²) in [6.07, 6.45) is -3.72. The number of aromatic nitrogens is 6. The van der Waals surface area contributed by atoms with Gasteiger partial charge in [0.05, 0.1) is 12.9 Å². The minimum atomic E-state index is -3.96. The van der Waals surface area contributed by atoms with Crippen molar-refractivity contribution in [2.75, 3.05) is 24.7 Å². The van der Waals surface area contributed by atoms with E-state index in [1.54, 1.807) is 0 Å². The van der Waals surface area contributed by atoms with Crippen LogP contribution in [0.5, 0.6) is 0 Å². The zero-order valence-corrected chi connectivity index (χ0v) is 21.2. The monoisotopic (exact) mass is 572 g/mol. The van der Waals surface area contributed by atoms with Crippen LogP contribution in [0.1, 0.15) is 18.9 Å². The van der Waals surface area contributed by atoms with Gasteiger partial charge in [-0.3, -0.25) is 9.13 Å². The number of aliphatic hydroxyl groups is 3. The van der Waals surface area contributed by atoms with Crippen LogP contribution in [0.2, 0.25) is 0 Å². The topological polar surface area (TPSA) is 248 Å². The first-order valence-corrected chi connectivity index (χ1v) is 13.9. The fourth-order valence-electron chi connectivity index (χ4n) is 4.31. The number of aliphatic hydroxyl groups excluding tert-OH is 3. The molecule has 3 aromatic rings. The fourth-order valence-corrected chi connectivity index (χ4v) is 5.79. The first kappa shape index (κ1) is 27.1. The average molecular weight is 572 g/mol. The third kappa shape index (κ3) is 5.20. The molecule has 5 rings (SSSR count). The zero-order chi connectivity index (χ0) is 27.2. The van der Waals surface area contributed by atoms with Crippen LogP contribution in [0, 0.1) is 0 Å². The summed E-state index contributed by atoms with van der Waals surface area (Å²) in [4.78, 5) is 38.5. The molecule has 17 nitrogen and oxygen atoms in total. The molecule has 0 amide bonds. The smallest absolute Gasteiger partial charge is 0.351 e. The van der Waals surface area contributed by atoms with E-state index in [1.165, 1.54) is 34.1 Å². The normalized spacial score (nSPS) is 31.1. The van der Waals surface area contributed by atoms with Crippen molar-refractivity contribution in [2.45, 2.75) is 49.4 Å². The highest BCUT2D eigenvalue weighted by Gasteiger charge is 2.47. The lowest BCUT2D eigenvalue weighted by Gasteiger charge is -2.27. The maximum absolute atomic E-state index is 12.1. The Morgan fingerprint density at radius 2 is 1.95 bits per heavy atom. The number of anilines is 2. The highest BCUT2D eigenvalue weighted by Crippen LogP contribution is 2.58. The predicted octanol–water partition coefficient (Wildman–Crippen LogP) is -2.23. The number of hydrogen-bond donors (Lipinski definition) is 6. The summed E-state index contributed by atoms with van der Waals surface area (Å²) >= 11 is 5.11. The molecule has 5 heterocycles. The summed E-state index contributed by atoms with van der Waals surface area (Å²) in [5.74, 6) is 0.175. The van der Waals surface area contributed by atoms with Crippen molar-refractivity contribution in [3.8, 4) is 0 Å². The number of nitrogens with zero attached hydrogens (tertiary/aromatic N) is 6. The predicted molar refractivity (Wildman–Crippen MR) is 132 cm³/mol. The second-order valence-corrected chi connectivity index (χ2v) is 11.4. The summed E-state index contributed by atoms with van der Waals surface area (Å²) in [7, 11) is -3.96. The van der Waals surface area contributed by atoms with Gasteiger partial charge in [0.2, 0.25) is 0 Å². The standard InChI is InChI=1S/C19H25N8O9PS/c20-11-1-2-26(19(31)25-11)12-3-8(9(4-28)34-12)36-37(32,38)33-5-10-14(29)15(30)18(35-10)27-7-24-13-16(21)22-6-23-17(13)27/h1-2,6-10,12,14-15,18,28-30H,3-5H2,(H,32,38)(H2,20,25,31)(H2,21,22,23)/t8-,9+,10+,12+,14+,15+,18+,37?/m0/s1. The largest absolute Gasteiger partial charge is 0.459 e. The molecule has 19 heteroatoms. The molecule has 0 radical (unpaired) electrons. The van der Waals surface area contributed by atoms with Gasteiger partial charge in [0.25, 0.3) is 7.15 Å². The van der Waals surface area contributed by atoms with E-state index >= 15 is 0 Å². The molecule has 1 unspecified atom stereocenters. The Kier molecular flexibility index (Phi) is 7.53. The molecule has 0 aliphatic carbocycles. The van der Waals surface area contributed by atoms with E-state index in [4.69, 9.17) is 42.2 Å². The molecule has 38 heavy (non-hydrogen) atoms. The minimum absolute atomic E-state index is 0.0392. The summed E-state index contributed by atoms with van der Waals surface area (Å²) in [6.45, 7) is -0.923. The highest BCUT2D eigenvalue weighted by molar-refractivity contribution is 8.35. The number of fused-ring (bicyclic) bond motifs is 1. The third-order valence-corrected chi connectivity index (χ3v) is 7.78. The van der Waals surface area contributed by atoms with E-state index < -0.39 is 69.0 Å². The summed E-state index contributed by atoms with van der Waals surface area (Å²) < 4.78 is 25.0. The Balaban J connectivity index is 1.23. The number of nitrogen functional groups attached to an aromatic ring is 2. The first-order chi connectivity index (χ1) is 18.1. The number of imidazole rings is 1. The molecule has 0 bridgehead atoms. The second kappa shape index (κ2) is 10.6. The Hall–Kier alpha value is -2.51. The van der Waals surface area contributed by atoms with Gasteiger partial charge in [-0.1, -0.05) is 0 Å². The number of hydrogen-bond acceptors (Lipinski definition) is 16. The second-order valence-electron chi connectivity index (χ2n) is 8.63. The number of rotatable bonds is 8. The Labute approximate surface area is 219 Å². The van der Waals surface area contributed by atoms with Crippen LogP contribution < -0.4 is 17.2 Å². The van der Waals surface area contributed by atoms with Crippen LogP contribution in [-0.4, -0.2) is 93.0 Å². The molecule has 0 saturated carbocycles. The molecule has 2 aliphatic heterocycles. The van der Waals surface area contributed by atoms with Gasteiger partial charge < -0.3 is 48.5 Å². The molecular formula is C19H25N8O9PS. The first-order valence-electron chi connectivity index (χ1n) is 11.3. The molecular weight excluding hydrogens is 547 g/mol. The van der Waals surface area contributed by atoms with Gasteiger partial charge in [0.1, 0.15) is 61.0 Å². The molecule has 2 fully saturated rings. The highest BCUT2D eigenvalue weighted by atomic mass is 32.7. The van der Waals surface area contributed by atoms with Gasteiger partial charge in [0.15, 0.2) is 17.7 Å². The molecule has 3 aromatic heterocycles. The lowest BCUT2D eigenvalue weighted by Crippen LogP contribution is -2.34. The van der Waals surface area contributed by atoms with Gasteiger partial charge in [-0.05, 0) is 6.07 Å². The van der Waals surface area contributed by atoms with Crippen molar-refractivity contribution in [2.24, 2.45) is 0 Å². The lowest BCUT2D eigenvalue weighted by molar-refractivity contribution is -0.0556. The van der Waals surface area contributed by atoms with Gasteiger partial charge in [-0.2, -0.15) is 14.0 Å². The number of ether oxygens (including phenoxy) is 2. The van der Waals surface area contributed by atoms with Crippen LogP contribution in [0.3, 0.4) is 0 Å². The van der Waals surface area contributed by atoms with Crippen LogP contribution >= 0.6 is 7.15 Å². The van der Waals surface area contributed by atoms with Gasteiger partial charge in [0, 0.05) is 12.6 Å². The van der Waals surface area contributed by atoms with Gasteiger partial charge >= 0.3 is 5.69 Å². The quantitative estimate of drug-likeness (QED) is 0.123. The van der Waals surface area contributed by atoms with Crippen LogP contribution in [0.4, 0.5) is 11.6 Å². The van der Waals surface area contributed by atoms with E-state index in [1.807, 2.05) is 0 Å². The number of nitrogens with two attached hydrogens (primary N) is 2. The summed E-state index contributed by atoms with van der Waals surface area (Å²) in [5, 5.41) is 30.8. The molecule has 2 aliphatic rings. The summed E-state index contributed by atoms with van der Waals surface area (Å²) in [6, 6.07) is 1.41. The maximum Gasteiger partial charge on any atom is 0.351 e. The molecule has 2 saturated heterocycles. The summed E-state index contributed by atoms with van der Waals surface area (Å²) in [5.41, 5.74) is 11.2. The molecule has 8 atom stereocenters. The molecule has 8 N–H and O–H groups in total. The molecule has 206 valence electrons. The van der Waals surface area contributed by atoms with Crippen molar-refractivity contribution in [3.05, 3.63) is 35.4 Å². The van der Waals surface area contributed by atoms with Gasteiger partial charge in [-0.15, -0.1) is 0 Å². The van der Waals surface area contributed by atoms with E-state index in [0.717, 1.165) is 0 Å². The van der Waals surface area contributed by atoms with Crippen molar-refractivity contribution >= 4 is 42.2 Å². The lowest BCUT2D eigenvalue weighted by atomic mass is 10.1. The van der Waals surface area contributed by atoms with Crippen molar-refractivity contribution < 1.29 is 38.7 Å². The maximum atomic E-state index is 12.1. The fraction of sp³-hybridized carbons (Fsp3) is 0.526. The van der Waals surface area contributed by atoms with E-state index in [9.17, 15) is 25.0 Å². The van der Waals surface area contributed by atoms with Crippen LogP contribution in [0.25, 0.3) is 11.2 Å². The van der Waals surface area contributed by atoms with Crippen LogP contribution in [-0.2, 0) is 30.8 Å². The molecule has 0 spiro atoms. The Morgan fingerprint density at radius 3 is 2.68 bits per heavy atom.